The van der Waals surface area contributed by atoms with Crippen molar-refractivity contribution in [3.05, 3.63) is 28.8 Å². The lowest BCUT2D eigenvalue weighted by Gasteiger charge is -2.23. The van der Waals surface area contributed by atoms with Crippen molar-refractivity contribution in [3.63, 3.8) is 0 Å². The normalized spacial score (nSPS) is 13.4. The fourth-order valence-electron chi connectivity index (χ4n) is 1.58. The smallest absolute Gasteiger partial charge is 0.337 e. The van der Waals surface area contributed by atoms with E-state index in [4.69, 9.17) is 21.4 Å². The minimum absolute atomic E-state index is 0.0101. The van der Waals surface area contributed by atoms with Crippen molar-refractivity contribution in [1.29, 1.82) is 0 Å². The van der Waals surface area contributed by atoms with Gasteiger partial charge in [-0.1, -0.05) is 11.6 Å². The molecule has 1 unspecified atom stereocenters. The first-order valence-electron chi connectivity index (χ1n) is 5.71. The molecule has 8 heteroatoms. The van der Waals surface area contributed by atoms with Gasteiger partial charge in [-0.3, -0.25) is 0 Å². The highest BCUT2D eigenvalue weighted by Crippen LogP contribution is 2.23. The summed E-state index contributed by atoms with van der Waals surface area (Å²) in [5, 5.41) is 8.96. The number of nitrogens with zero attached hydrogens (tertiary/aromatic N) is 1. The molecule has 0 fully saturated rings. The highest BCUT2D eigenvalue weighted by molar-refractivity contribution is 7.89. The maximum absolute atomic E-state index is 12.4. The molecular weight excluding hydrogens is 306 g/mol. The molecule has 112 valence electrons. The number of sulfonamides is 1. The van der Waals surface area contributed by atoms with Gasteiger partial charge in [0.15, 0.2) is 0 Å². The first kappa shape index (κ1) is 16.9. The first-order valence-corrected chi connectivity index (χ1v) is 7.53. The van der Waals surface area contributed by atoms with Crippen LogP contribution >= 0.6 is 11.6 Å². The number of aromatic carboxylic acids is 1. The molecule has 0 heterocycles. The topological polar surface area (TPSA) is 83.9 Å². The van der Waals surface area contributed by atoms with Gasteiger partial charge in [-0.25, -0.2) is 13.2 Å². The predicted octanol–water partition coefficient (Wildman–Crippen LogP) is 1.69. The third-order valence-electron chi connectivity index (χ3n) is 2.87. The number of carboxylic acid groups (broad SMARTS) is 1. The number of carbonyl (C=O) groups is 1. The summed E-state index contributed by atoms with van der Waals surface area (Å²) in [4.78, 5) is 10.9. The maximum atomic E-state index is 12.4. The number of carboxylic acids is 1. The van der Waals surface area contributed by atoms with Gasteiger partial charge in [0.25, 0.3) is 0 Å². The van der Waals surface area contributed by atoms with Crippen LogP contribution in [0.1, 0.15) is 17.3 Å². The zero-order valence-electron chi connectivity index (χ0n) is 11.3. The van der Waals surface area contributed by atoms with Gasteiger partial charge in [0.05, 0.1) is 22.1 Å². The SMILES string of the molecule is COCC(C)N(C)S(=O)(=O)c1ccc(Cl)c(C(=O)O)c1. The lowest BCUT2D eigenvalue weighted by molar-refractivity contribution is 0.0697. The summed E-state index contributed by atoms with van der Waals surface area (Å²) in [5.74, 6) is -1.28. The molecule has 0 saturated heterocycles. The van der Waals surface area contributed by atoms with Crippen LogP contribution in [0.15, 0.2) is 23.1 Å². The molecule has 1 atom stereocenters. The van der Waals surface area contributed by atoms with Crippen LogP contribution in [0.25, 0.3) is 0 Å². The van der Waals surface area contributed by atoms with E-state index in [1.54, 1.807) is 6.92 Å². The van der Waals surface area contributed by atoms with Crippen LogP contribution in [0.5, 0.6) is 0 Å². The number of ether oxygens (including phenoxy) is 1. The number of methoxy groups -OCH3 is 1. The molecule has 0 amide bonds. The highest BCUT2D eigenvalue weighted by Gasteiger charge is 2.26. The molecule has 0 radical (unpaired) electrons. The van der Waals surface area contributed by atoms with Crippen LogP contribution < -0.4 is 0 Å². The zero-order valence-corrected chi connectivity index (χ0v) is 12.9. The summed E-state index contributed by atoms with van der Waals surface area (Å²) >= 11 is 5.72. The third kappa shape index (κ3) is 3.49. The van der Waals surface area contributed by atoms with E-state index in [0.29, 0.717) is 0 Å². The van der Waals surface area contributed by atoms with Crippen molar-refractivity contribution in [2.75, 3.05) is 20.8 Å². The van der Waals surface area contributed by atoms with Gasteiger partial charge in [-0.2, -0.15) is 4.31 Å². The second-order valence-electron chi connectivity index (χ2n) is 4.27. The molecule has 0 aliphatic heterocycles. The molecule has 0 aliphatic carbocycles. The number of hydrogen-bond donors (Lipinski definition) is 1. The lowest BCUT2D eigenvalue weighted by atomic mass is 10.2. The van der Waals surface area contributed by atoms with Gasteiger partial charge < -0.3 is 9.84 Å². The minimum atomic E-state index is -3.80. The van der Waals surface area contributed by atoms with Crippen LogP contribution in [0, 0.1) is 0 Å². The van der Waals surface area contributed by atoms with Crippen LogP contribution in [-0.4, -0.2) is 50.6 Å². The number of rotatable bonds is 6. The van der Waals surface area contributed by atoms with Crippen LogP contribution in [-0.2, 0) is 14.8 Å². The van der Waals surface area contributed by atoms with Crippen LogP contribution in [0.4, 0.5) is 0 Å². The molecule has 20 heavy (non-hydrogen) atoms. The van der Waals surface area contributed by atoms with E-state index < -0.39 is 16.0 Å². The number of benzene rings is 1. The summed E-state index contributed by atoms with van der Waals surface area (Å²) in [7, 11) is -0.917. The molecule has 1 aromatic carbocycles. The Hall–Kier alpha value is -1.15. The summed E-state index contributed by atoms with van der Waals surface area (Å²) in [6, 6.07) is 3.21. The molecule has 0 aliphatic rings. The van der Waals surface area contributed by atoms with Crippen molar-refractivity contribution in [3.8, 4) is 0 Å². The van der Waals surface area contributed by atoms with Crippen LogP contribution in [0.3, 0.4) is 0 Å². The van der Waals surface area contributed by atoms with Gasteiger partial charge in [0, 0.05) is 20.2 Å². The average molecular weight is 322 g/mol. The quantitative estimate of drug-likeness (QED) is 0.862. The van der Waals surface area contributed by atoms with Gasteiger partial charge in [-0.15, -0.1) is 0 Å². The third-order valence-corrected chi connectivity index (χ3v) is 5.17. The summed E-state index contributed by atoms with van der Waals surface area (Å²) < 4.78 is 30.8. The standard InChI is InChI=1S/C12H16ClNO5S/c1-8(7-19-3)14(2)20(17,18)9-4-5-11(13)10(6-9)12(15)16/h4-6,8H,7H2,1-3H3,(H,15,16). The van der Waals surface area contributed by atoms with Crippen molar-refractivity contribution in [2.24, 2.45) is 0 Å². The fraction of sp³-hybridized carbons (Fsp3) is 0.417. The van der Waals surface area contributed by atoms with Gasteiger partial charge in [0.1, 0.15) is 0 Å². The molecule has 0 saturated carbocycles. The van der Waals surface area contributed by atoms with E-state index in [2.05, 4.69) is 0 Å². The fourth-order valence-corrected chi connectivity index (χ4v) is 3.15. The van der Waals surface area contributed by atoms with E-state index in [9.17, 15) is 13.2 Å². The second-order valence-corrected chi connectivity index (χ2v) is 6.68. The van der Waals surface area contributed by atoms with Crippen LogP contribution in [0.2, 0.25) is 5.02 Å². The minimum Gasteiger partial charge on any atom is -0.478 e. The largest absolute Gasteiger partial charge is 0.478 e. The molecule has 0 bridgehead atoms. The first-order chi connectivity index (χ1) is 9.21. The monoisotopic (exact) mass is 321 g/mol. The Morgan fingerprint density at radius 2 is 2.10 bits per heavy atom. The summed E-state index contributed by atoms with van der Waals surface area (Å²) in [6.45, 7) is 1.92. The highest BCUT2D eigenvalue weighted by atomic mass is 35.5. The predicted molar refractivity (Wildman–Crippen MR) is 74.7 cm³/mol. The van der Waals surface area contributed by atoms with Gasteiger partial charge in [-0.05, 0) is 25.1 Å². The molecule has 0 spiro atoms. The van der Waals surface area contributed by atoms with E-state index in [0.717, 1.165) is 10.4 Å². The molecule has 1 rings (SSSR count). The van der Waals surface area contributed by atoms with E-state index >= 15 is 0 Å². The lowest BCUT2D eigenvalue weighted by Crippen LogP contribution is -2.37. The Labute approximate surface area is 123 Å². The molecule has 0 aromatic heterocycles. The number of hydrogen-bond acceptors (Lipinski definition) is 4. The van der Waals surface area contributed by atoms with Crippen molar-refractivity contribution in [2.45, 2.75) is 17.9 Å². The van der Waals surface area contributed by atoms with E-state index in [1.165, 1.54) is 26.3 Å². The second kappa shape index (κ2) is 6.53. The van der Waals surface area contributed by atoms with E-state index in [1.807, 2.05) is 0 Å². The Balaban J connectivity index is 3.22. The van der Waals surface area contributed by atoms with Gasteiger partial charge in [0.2, 0.25) is 10.0 Å². The van der Waals surface area contributed by atoms with Crippen molar-refractivity contribution >= 4 is 27.6 Å². The summed E-state index contributed by atoms with van der Waals surface area (Å²) in [6.07, 6.45) is 0. The average Bonchev–Trinajstić information content (AvgIpc) is 2.37. The molecule has 1 N–H and O–H groups in total. The Morgan fingerprint density at radius 1 is 1.50 bits per heavy atom. The zero-order chi connectivity index (χ0) is 15.5. The number of halogens is 1. The van der Waals surface area contributed by atoms with Gasteiger partial charge >= 0.3 is 5.97 Å². The maximum Gasteiger partial charge on any atom is 0.337 e. The Bertz CT molecular complexity index is 602. The molecular formula is C12H16ClNO5S. The molecule has 6 nitrogen and oxygen atoms in total. The number of likely N-dealkylation sites (N-methyl/N-ethyl adjacent to an activating group) is 1. The van der Waals surface area contributed by atoms with Crippen molar-refractivity contribution < 1.29 is 23.1 Å². The molecule has 1 aromatic rings. The van der Waals surface area contributed by atoms with E-state index in [-0.39, 0.29) is 28.1 Å². The Kier molecular flexibility index (Phi) is 5.52. The van der Waals surface area contributed by atoms with Crippen molar-refractivity contribution in [1.82, 2.24) is 4.31 Å². The summed E-state index contributed by atoms with van der Waals surface area (Å²) in [5.41, 5.74) is -0.250. The Morgan fingerprint density at radius 3 is 2.60 bits per heavy atom.